The van der Waals surface area contributed by atoms with E-state index in [0.717, 1.165) is 8.58 Å². The number of hydrogen-bond donors (Lipinski definition) is 0. The van der Waals surface area contributed by atoms with Crippen molar-refractivity contribution in [2.45, 2.75) is 0 Å². The highest BCUT2D eigenvalue weighted by Gasteiger charge is 2.17. The standard InChI is InChI=1S/C18H13P/c1-2-8-14-13(7-1)15-9-3-5-11-17(15)19-18-12-6-4-10-16(14)18/h1-12,19H. The molecule has 0 bridgehead atoms. The number of rotatable bonds is 0. The lowest BCUT2D eigenvalue weighted by Crippen LogP contribution is -2.04. The number of benzene rings is 3. The molecule has 0 spiro atoms. The van der Waals surface area contributed by atoms with Crippen molar-refractivity contribution in [1.29, 1.82) is 0 Å². The van der Waals surface area contributed by atoms with E-state index in [1.165, 1.54) is 32.9 Å². The van der Waals surface area contributed by atoms with Gasteiger partial charge in [-0.05, 0) is 32.9 Å². The first kappa shape index (κ1) is 11.0. The summed E-state index contributed by atoms with van der Waals surface area (Å²) < 4.78 is 0. The molecular weight excluding hydrogens is 247 g/mol. The summed E-state index contributed by atoms with van der Waals surface area (Å²) in [6, 6.07) is 26.3. The molecule has 3 aromatic carbocycles. The monoisotopic (exact) mass is 260 g/mol. The molecule has 19 heavy (non-hydrogen) atoms. The fourth-order valence-electron chi connectivity index (χ4n) is 2.75. The lowest BCUT2D eigenvalue weighted by molar-refractivity contribution is 1.62. The van der Waals surface area contributed by atoms with E-state index < -0.39 is 0 Å². The van der Waals surface area contributed by atoms with Gasteiger partial charge in [-0.15, -0.1) is 0 Å². The molecule has 0 atom stereocenters. The van der Waals surface area contributed by atoms with Gasteiger partial charge in [0, 0.05) is 0 Å². The fourth-order valence-corrected chi connectivity index (χ4v) is 4.11. The predicted octanol–water partition coefficient (Wildman–Crippen LogP) is 3.96. The maximum absolute atomic E-state index is 2.26. The van der Waals surface area contributed by atoms with Crippen LogP contribution in [0.1, 0.15) is 0 Å². The van der Waals surface area contributed by atoms with E-state index in [4.69, 9.17) is 0 Å². The Kier molecular flexibility index (Phi) is 2.50. The van der Waals surface area contributed by atoms with Gasteiger partial charge in [0.1, 0.15) is 0 Å². The third kappa shape index (κ3) is 1.72. The molecule has 0 aromatic heterocycles. The largest absolute Gasteiger partial charge is 0.0616 e. The molecule has 1 aliphatic heterocycles. The summed E-state index contributed by atoms with van der Waals surface area (Å²) in [5, 5.41) is 2.89. The Morgan fingerprint density at radius 1 is 0.421 bits per heavy atom. The predicted molar refractivity (Wildman–Crippen MR) is 84.9 cm³/mol. The van der Waals surface area contributed by atoms with E-state index in [2.05, 4.69) is 72.8 Å². The molecule has 3 aromatic rings. The van der Waals surface area contributed by atoms with E-state index in [0.29, 0.717) is 0 Å². The molecule has 0 N–H and O–H groups in total. The molecule has 1 heterocycles. The molecule has 0 unspecified atom stereocenters. The smallest absolute Gasteiger partial charge is 0.00987 e. The zero-order chi connectivity index (χ0) is 12.7. The minimum atomic E-state index is 0.733. The molecule has 1 aliphatic rings. The molecule has 0 fully saturated rings. The molecule has 1 heteroatoms. The van der Waals surface area contributed by atoms with Crippen LogP contribution in [0.3, 0.4) is 0 Å². The molecule has 90 valence electrons. The van der Waals surface area contributed by atoms with E-state index in [1.54, 1.807) is 0 Å². The maximum atomic E-state index is 2.26. The van der Waals surface area contributed by atoms with Gasteiger partial charge in [-0.3, -0.25) is 0 Å². The van der Waals surface area contributed by atoms with Crippen molar-refractivity contribution in [1.82, 2.24) is 0 Å². The summed E-state index contributed by atoms with van der Waals surface area (Å²) in [5.41, 5.74) is 5.48. The van der Waals surface area contributed by atoms with Crippen LogP contribution in [-0.4, -0.2) is 0 Å². The van der Waals surface area contributed by atoms with Gasteiger partial charge in [-0.2, -0.15) is 0 Å². The van der Waals surface area contributed by atoms with Gasteiger partial charge in [0.05, 0.1) is 0 Å². The van der Waals surface area contributed by atoms with Crippen LogP contribution in [0, 0.1) is 0 Å². The van der Waals surface area contributed by atoms with Gasteiger partial charge in [-0.25, -0.2) is 0 Å². The second-order valence-corrected chi connectivity index (χ2v) is 6.09. The Morgan fingerprint density at radius 3 is 1.26 bits per heavy atom. The first-order valence-corrected chi connectivity index (χ1v) is 7.48. The third-order valence-corrected chi connectivity index (χ3v) is 5.04. The van der Waals surface area contributed by atoms with Crippen LogP contribution in [0.15, 0.2) is 72.8 Å². The average Bonchev–Trinajstić information content (AvgIpc) is 2.62. The summed E-state index contributed by atoms with van der Waals surface area (Å²) in [7, 11) is 0.733. The first-order valence-electron chi connectivity index (χ1n) is 6.48. The number of hydrogen-bond acceptors (Lipinski definition) is 0. The van der Waals surface area contributed by atoms with Crippen LogP contribution < -0.4 is 10.6 Å². The van der Waals surface area contributed by atoms with Crippen LogP contribution >= 0.6 is 8.58 Å². The van der Waals surface area contributed by atoms with Gasteiger partial charge >= 0.3 is 0 Å². The molecular formula is C18H13P. The lowest BCUT2D eigenvalue weighted by Gasteiger charge is -2.09. The van der Waals surface area contributed by atoms with E-state index >= 15 is 0 Å². The Morgan fingerprint density at radius 2 is 0.789 bits per heavy atom. The summed E-state index contributed by atoms with van der Waals surface area (Å²) in [6.45, 7) is 0. The van der Waals surface area contributed by atoms with Gasteiger partial charge in [-0.1, -0.05) is 81.4 Å². The lowest BCUT2D eigenvalue weighted by atomic mass is 9.95. The minimum absolute atomic E-state index is 0.733. The normalized spacial score (nSPS) is 12.0. The quantitative estimate of drug-likeness (QED) is 0.420. The van der Waals surface area contributed by atoms with Crippen molar-refractivity contribution in [3.05, 3.63) is 72.8 Å². The van der Waals surface area contributed by atoms with Crippen LogP contribution in [0.5, 0.6) is 0 Å². The highest BCUT2D eigenvalue weighted by molar-refractivity contribution is 7.56. The van der Waals surface area contributed by atoms with Crippen molar-refractivity contribution >= 4 is 19.2 Å². The minimum Gasteiger partial charge on any atom is -0.0616 e. The van der Waals surface area contributed by atoms with Crippen LogP contribution in [0.25, 0.3) is 22.3 Å². The van der Waals surface area contributed by atoms with Crippen molar-refractivity contribution in [3.8, 4) is 22.3 Å². The highest BCUT2D eigenvalue weighted by atomic mass is 31.1. The van der Waals surface area contributed by atoms with Gasteiger partial charge in [0.25, 0.3) is 0 Å². The average molecular weight is 260 g/mol. The van der Waals surface area contributed by atoms with Crippen LogP contribution in [-0.2, 0) is 0 Å². The van der Waals surface area contributed by atoms with E-state index in [1.807, 2.05) is 0 Å². The Balaban J connectivity index is 2.13. The zero-order valence-electron chi connectivity index (χ0n) is 10.4. The van der Waals surface area contributed by atoms with Crippen molar-refractivity contribution < 1.29 is 0 Å². The summed E-state index contributed by atoms with van der Waals surface area (Å²) in [5.74, 6) is 0. The summed E-state index contributed by atoms with van der Waals surface area (Å²) >= 11 is 0. The molecule has 0 aliphatic carbocycles. The summed E-state index contributed by atoms with van der Waals surface area (Å²) in [6.07, 6.45) is 0. The van der Waals surface area contributed by atoms with Crippen LogP contribution in [0.2, 0.25) is 0 Å². The van der Waals surface area contributed by atoms with Crippen LogP contribution in [0.4, 0.5) is 0 Å². The zero-order valence-corrected chi connectivity index (χ0v) is 11.4. The van der Waals surface area contributed by atoms with Gasteiger partial charge in [0.2, 0.25) is 0 Å². The SMILES string of the molecule is c1ccc2c(c1)Pc1ccccc1-c1ccccc1-2. The van der Waals surface area contributed by atoms with Crippen molar-refractivity contribution in [2.24, 2.45) is 0 Å². The van der Waals surface area contributed by atoms with Gasteiger partial charge < -0.3 is 0 Å². The topological polar surface area (TPSA) is 0 Å². The van der Waals surface area contributed by atoms with E-state index in [9.17, 15) is 0 Å². The second kappa shape index (κ2) is 4.33. The third-order valence-electron chi connectivity index (χ3n) is 3.63. The Labute approximate surface area is 114 Å². The Bertz CT molecular complexity index is 694. The molecule has 0 nitrogen and oxygen atoms in total. The highest BCUT2D eigenvalue weighted by Crippen LogP contribution is 2.37. The first-order chi connectivity index (χ1) is 9.43. The molecule has 4 rings (SSSR count). The molecule has 0 saturated carbocycles. The van der Waals surface area contributed by atoms with E-state index in [-0.39, 0.29) is 0 Å². The molecule has 0 amide bonds. The fraction of sp³-hybridized carbons (Fsp3) is 0. The second-order valence-electron chi connectivity index (χ2n) is 4.76. The van der Waals surface area contributed by atoms with Crippen molar-refractivity contribution in [3.63, 3.8) is 0 Å². The molecule has 0 radical (unpaired) electrons. The molecule has 0 saturated heterocycles. The Hall–Kier alpha value is -1.91. The maximum Gasteiger partial charge on any atom is -0.00987 e. The van der Waals surface area contributed by atoms with Gasteiger partial charge in [0.15, 0.2) is 0 Å². The number of fused-ring (bicyclic) bond motifs is 5. The van der Waals surface area contributed by atoms with Crippen molar-refractivity contribution in [2.75, 3.05) is 0 Å². The summed E-state index contributed by atoms with van der Waals surface area (Å²) in [4.78, 5) is 0.